The topological polar surface area (TPSA) is 71.3 Å². The maximum absolute atomic E-state index is 11.6. The molecule has 6 heteroatoms. The number of rotatable bonds is 6. The van der Waals surface area contributed by atoms with Gasteiger partial charge in [0.05, 0.1) is 15.8 Å². The lowest BCUT2D eigenvalue weighted by Crippen LogP contribution is -2.34. The SMILES string of the molecule is CC(CNc1ccc2ncccc2c1[N+](=O)[O-])N(C)c1ccccc1. The van der Waals surface area contributed by atoms with Gasteiger partial charge in [-0.3, -0.25) is 15.1 Å². The van der Waals surface area contributed by atoms with Crippen molar-refractivity contribution in [1.82, 2.24) is 4.98 Å². The van der Waals surface area contributed by atoms with Gasteiger partial charge in [0.1, 0.15) is 5.69 Å². The summed E-state index contributed by atoms with van der Waals surface area (Å²) in [5.41, 5.74) is 2.31. The summed E-state index contributed by atoms with van der Waals surface area (Å²) >= 11 is 0. The van der Waals surface area contributed by atoms with Crippen LogP contribution in [0, 0.1) is 10.1 Å². The fraction of sp³-hybridized carbons (Fsp3) is 0.211. The van der Waals surface area contributed by atoms with Crippen LogP contribution >= 0.6 is 0 Å². The van der Waals surface area contributed by atoms with E-state index in [1.165, 1.54) is 0 Å². The second-order valence-corrected chi connectivity index (χ2v) is 5.97. The number of likely N-dealkylation sites (N-methyl/N-ethyl adjacent to an activating group) is 1. The standard InChI is InChI=1S/C19H20N4O2/c1-14(22(2)15-7-4-3-5-8-15)13-21-18-11-10-17-16(9-6-12-20-17)19(18)23(24)25/h3-12,14,21H,13H2,1-2H3. The molecule has 6 nitrogen and oxygen atoms in total. The molecule has 1 aromatic heterocycles. The number of hydrogen-bond donors (Lipinski definition) is 1. The summed E-state index contributed by atoms with van der Waals surface area (Å²) in [5.74, 6) is 0. The van der Waals surface area contributed by atoms with Crippen LogP contribution in [0.1, 0.15) is 6.92 Å². The number of nitro groups is 1. The van der Waals surface area contributed by atoms with E-state index in [1.54, 1.807) is 30.5 Å². The molecule has 3 rings (SSSR count). The van der Waals surface area contributed by atoms with Gasteiger partial charge >= 0.3 is 5.69 Å². The number of fused-ring (bicyclic) bond motifs is 1. The van der Waals surface area contributed by atoms with E-state index in [4.69, 9.17) is 0 Å². The van der Waals surface area contributed by atoms with E-state index >= 15 is 0 Å². The molecule has 1 atom stereocenters. The first-order valence-electron chi connectivity index (χ1n) is 8.12. The molecule has 128 valence electrons. The van der Waals surface area contributed by atoms with Gasteiger partial charge in [-0.1, -0.05) is 18.2 Å². The number of benzene rings is 2. The minimum atomic E-state index is -0.349. The van der Waals surface area contributed by atoms with Crippen molar-refractivity contribution < 1.29 is 4.92 Å². The van der Waals surface area contributed by atoms with Crippen molar-refractivity contribution in [3.05, 3.63) is 70.9 Å². The zero-order valence-electron chi connectivity index (χ0n) is 14.2. The molecule has 2 aromatic carbocycles. The largest absolute Gasteiger partial charge is 0.377 e. The number of nitrogens with one attached hydrogen (secondary N) is 1. The van der Waals surface area contributed by atoms with Crippen LogP contribution in [-0.2, 0) is 0 Å². The van der Waals surface area contributed by atoms with Crippen LogP contribution in [0.5, 0.6) is 0 Å². The molecule has 1 heterocycles. The summed E-state index contributed by atoms with van der Waals surface area (Å²) in [7, 11) is 2.01. The summed E-state index contributed by atoms with van der Waals surface area (Å²) < 4.78 is 0. The molecular weight excluding hydrogens is 316 g/mol. The van der Waals surface area contributed by atoms with Crippen molar-refractivity contribution >= 4 is 28.0 Å². The van der Waals surface area contributed by atoms with Gasteiger partial charge in [0, 0.05) is 31.5 Å². The number of nitrogens with zero attached hydrogens (tertiary/aromatic N) is 3. The van der Waals surface area contributed by atoms with Gasteiger partial charge in [0.25, 0.3) is 0 Å². The predicted molar refractivity (Wildman–Crippen MR) is 101 cm³/mol. The van der Waals surface area contributed by atoms with E-state index in [2.05, 4.69) is 22.1 Å². The summed E-state index contributed by atoms with van der Waals surface area (Å²) in [6.07, 6.45) is 1.63. The first-order chi connectivity index (χ1) is 12.1. The third kappa shape index (κ3) is 3.52. The number of hydrogen-bond acceptors (Lipinski definition) is 5. The summed E-state index contributed by atoms with van der Waals surface area (Å²) in [6, 6.07) is 17.2. The van der Waals surface area contributed by atoms with Crippen molar-refractivity contribution in [1.29, 1.82) is 0 Å². The van der Waals surface area contributed by atoms with E-state index in [9.17, 15) is 10.1 Å². The van der Waals surface area contributed by atoms with Gasteiger partial charge in [0.2, 0.25) is 0 Å². The highest BCUT2D eigenvalue weighted by molar-refractivity contribution is 5.94. The fourth-order valence-corrected chi connectivity index (χ4v) is 2.79. The molecule has 1 unspecified atom stereocenters. The van der Waals surface area contributed by atoms with Crippen molar-refractivity contribution in [2.24, 2.45) is 0 Å². The molecule has 25 heavy (non-hydrogen) atoms. The molecule has 0 fully saturated rings. The smallest absolute Gasteiger partial charge is 0.301 e. The Morgan fingerprint density at radius 2 is 1.92 bits per heavy atom. The van der Waals surface area contributed by atoms with Gasteiger partial charge in [-0.2, -0.15) is 0 Å². The lowest BCUT2D eigenvalue weighted by Gasteiger charge is -2.27. The van der Waals surface area contributed by atoms with Crippen molar-refractivity contribution in [2.75, 3.05) is 23.8 Å². The lowest BCUT2D eigenvalue weighted by atomic mass is 10.1. The Bertz CT molecular complexity index is 883. The average Bonchev–Trinajstić information content (AvgIpc) is 2.65. The Labute approximate surface area is 146 Å². The van der Waals surface area contributed by atoms with E-state index in [0.29, 0.717) is 23.1 Å². The quantitative estimate of drug-likeness (QED) is 0.542. The molecule has 3 aromatic rings. The van der Waals surface area contributed by atoms with Gasteiger partial charge in [-0.15, -0.1) is 0 Å². The second kappa shape index (κ2) is 7.17. The van der Waals surface area contributed by atoms with Crippen molar-refractivity contribution in [3.8, 4) is 0 Å². The zero-order chi connectivity index (χ0) is 17.8. The van der Waals surface area contributed by atoms with Gasteiger partial charge in [0.15, 0.2) is 0 Å². The first-order valence-corrected chi connectivity index (χ1v) is 8.12. The van der Waals surface area contributed by atoms with E-state index in [1.807, 2.05) is 37.4 Å². The minimum Gasteiger partial charge on any atom is -0.377 e. The Hall–Kier alpha value is -3.15. The fourth-order valence-electron chi connectivity index (χ4n) is 2.79. The normalized spacial score (nSPS) is 11.9. The Morgan fingerprint density at radius 3 is 2.64 bits per heavy atom. The van der Waals surface area contributed by atoms with E-state index in [-0.39, 0.29) is 16.7 Å². The highest BCUT2D eigenvalue weighted by atomic mass is 16.6. The zero-order valence-corrected chi connectivity index (χ0v) is 14.2. The molecular formula is C19H20N4O2. The Morgan fingerprint density at radius 1 is 1.16 bits per heavy atom. The average molecular weight is 336 g/mol. The Balaban J connectivity index is 1.81. The van der Waals surface area contributed by atoms with Gasteiger partial charge < -0.3 is 10.2 Å². The van der Waals surface area contributed by atoms with Crippen molar-refractivity contribution in [2.45, 2.75) is 13.0 Å². The third-order valence-electron chi connectivity index (χ3n) is 4.35. The van der Waals surface area contributed by atoms with Crippen LogP contribution in [0.2, 0.25) is 0 Å². The number of nitro benzene ring substituents is 1. The molecule has 1 N–H and O–H groups in total. The summed E-state index contributed by atoms with van der Waals surface area (Å²) in [6.45, 7) is 2.66. The van der Waals surface area contributed by atoms with Gasteiger partial charge in [-0.25, -0.2) is 0 Å². The Kier molecular flexibility index (Phi) is 4.79. The van der Waals surface area contributed by atoms with Crippen LogP contribution in [0.3, 0.4) is 0 Å². The first kappa shape index (κ1) is 16.7. The van der Waals surface area contributed by atoms with Crippen LogP contribution in [0.4, 0.5) is 17.1 Å². The lowest BCUT2D eigenvalue weighted by molar-refractivity contribution is -0.382. The van der Waals surface area contributed by atoms with Crippen LogP contribution in [0.15, 0.2) is 60.8 Å². The number of anilines is 2. The van der Waals surface area contributed by atoms with Gasteiger partial charge in [-0.05, 0) is 43.3 Å². The highest BCUT2D eigenvalue weighted by Crippen LogP contribution is 2.32. The molecule has 0 bridgehead atoms. The van der Waals surface area contributed by atoms with Crippen LogP contribution in [0.25, 0.3) is 10.9 Å². The minimum absolute atomic E-state index is 0.0696. The monoisotopic (exact) mass is 336 g/mol. The molecule has 0 aliphatic heterocycles. The predicted octanol–water partition coefficient (Wildman–Crippen LogP) is 4.08. The molecule has 0 aliphatic carbocycles. The molecule has 0 radical (unpaired) electrons. The van der Waals surface area contributed by atoms with E-state index in [0.717, 1.165) is 5.69 Å². The summed E-state index contributed by atoms with van der Waals surface area (Å²) in [4.78, 5) is 17.5. The van der Waals surface area contributed by atoms with Crippen molar-refractivity contribution in [3.63, 3.8) is 0 Å². The van der Waals surface area contributed by atoms with Crippen LogP contribution < -0.4 is 10.2 Å². The number of para-hydroxylation sites is 1. The number of pyridine rings is 1. The highest BCUT2D eigenvalue weighted by Gasteiger charge is 2.19. The maximum Gasteiger partial charge on any atom is 0.301 e. The maximum atomic E-state index is 11.6. The molecule has 0 saturated carbocycles. The summed E-state index contributed by atoms with van der Waals surface area (Å²) in [5, 5.41) is 15.3. The third-order valence-corrected chi connectivity index (χ3v) is 4.35. The molecule has 0 saturated heterocycles. The molecule has 0 aliphatic rings. The van der Waals surface area contributed by atoms with Crippen LogP contribution in [-0.4, -0.2) is 29.5 Å². The molecule has 0 amide bonds. The second-order valence-electron chi connectivity index (χ2n) is 5.97. The number of aromatic nitrogens is 1. The van der Waals surface area contributed by atoms with E-state index < -0.39 is 0 Å². The molecule has 0 spiro atoms.